The highest BCUT2D eigenvalue weighted by atomic mass is 32.1. The minimum atomic E-state index is -1.08. The molecule has 3 N–H and O–H groups in total. The minimum absolute atomic E-state index is 0.0476. The summed E-state index contributed by atoms with van der Waals surface area (Å²) in [6.45, 7) is 2.24. The number of carbonyl (C=O) groups excluding carboxylic acids is 1. The predicted octanol–water partition coefficient (Wildman–Crippen LogP) is 2.15. The Balaban J connectivity index is 1.83. The molecule has 23 heavy (non-hydrogen) atoms. The van der Waals surface area contributed by atoms with Gasteiger partial charge in [-0.05, 0) is 44.6 Å². The smallest absolute Gasteiger partial charge is 0.314 e. The van der Waals surface area contributed by atoms with Crippen LogP contribution in [-0.4, -0.2) is 43.2 Å². The Morgan fingerprint density at radius 2 is 2.17 bits per heavy atom. The minimum Gasteiger partial charge on any atom is -0.468 e. The summed E-state index contributed by atoms with van der Waals surface area (Å²) < 4.78 is 5.40. The van der Waals surface area contributed by atoms with E-state index in [1.165, 1.54) is 11.3 Å². The molecule has 0 bridgehead atoms. The molecule has 2 rings (SSSR count). The summed E-state index contributed by atoms with van der Waals surface area (Å²) in [5, 5.41) is 17.8. The Hall–Kier alpha value is -1.83. The van der Waals surface area contributed by atoms with Gasteiger partial charge in [-0.2, -0.15) is 0 Å². The van der Waals surface area contributed by atoms with Gasteiger partial charge in [-0.25, -0.2) is 4.79 Å². The van der Waals surface area contributed by atoms with Crippen molar-refractivity contribution in [3.8, 4) is 0 Å². The number of rotatable bonds is 7. The van der Waals surface area contributed by atoms with Gasteiger partial charge in [0.05, 0.1) is 18.8 Å². The first kappa shape index (κ1) is 17.5. The summed E-state index contributed by atoms with van der Waals surface area (Å²) in [5.74, 6) is 0.792. The van der Waals surface area contributed by atoms with Crippen molar-refractivity contribution in [1.82, 2.24) is 15.5 Å². The Kier molecular flexibility index (Phi) is 5.81. The molecule has 0 fully saturated rings. The van der Waals surface area contributed by atoms with E-state index in [1.807, 2.05) is 48.6 Å². The maximum Gasteiger partial charge on any atom is 0.314 e. The second-order valence-electron chi connectivity index (χ2n) is 5.81. The molecule has 2 amide bonds. The van der Waals surface area contributed by atoms with E-state index in [2.05, 4.69) is 10.6 Å². The van der Waals surface area contributed by atoms with Crippen molar-refractivity contribution < 1.29 is 14.3 Å². The number of urea groups is 1. The fourth-order valence-electron chi connectivity index (χ4n) is 2.19. The van der Waals surface area contributed by atoms with Gasteiger partial charge in [0.15, 0.2) is 0 Å². The summed E-state index contributed by atoms with van der Waals surface area (Å²) in [6.07, 6.45) is 1.62. The van der Waals surface area contributed by atoms with Crippen molar-refractivity contribution in [3.05, 3.63) is 46.5 Å². The molecule has 0 aliphatic heterocycles. The SMILES string of the molecule is CN(C)C(CNC(=O)NCC(C)(O)c1cccs1)c1ccco1. The van der Waals surface area contributed by atoms with E-state index in [0.29, 0.717) is 6.54 Å². The van der Waals surface area contributed by atoms with Gasteiger partial charge < -0.3 is 20.2 Å². The highest BCUT2D eigenvalue weighted by molar-refractivity contribution is 7.10. The number of aliphatic hydroxyl groups is 1. The van der Waals surface area contributed by atoms with Gasteiger partial charge in [-0.1, -0.05) is 6.07 Å². The lowest BCUT2D eigenvalue weighted by molar-refractivity contribution is 0.0630. The zero-order chi connectivity index (χ0) is 16.9. The van der Waals surface area contributed by atoms with Crippen LogP contribution in [-0.2, 0) is 5.60 Å². The Morgan fingerprint density at radius 3 is 2.74 bits per heavy atom. The lowest BCUT2D eigenvalue weighted by Gasteiger charge is -2.24. The van der Waals surface area contributed by atoms with Crippen molar-refractivity contribution in [3.63, 3.8) is 0 Å². The van der Waals surface area contributed by atoms with Crippen molar-refractivity contribution in [2.75, 3.05) is 27.2 Å². The van der Waals surface area contributed by atoms with Crippen LogP contribution in [0.2, 0.25) is 0 Å². The number of nitrogens with one attached hydrogen (secondary N) is 2. The summed E-state index contributed by atoms with van der Waals surface area (Å²) in [4.78, 5) is 14.8. The average Bonchev–Trinajstić information content (AvgIpc) is 3.18. The zero-order valence-electron chi connectivity index (χ0n) is 13.6. The number of hydrogen-bond donors (Lipinski definition) is 3. The highest BCUT2D eigenvalue weighted by Gasteiger charge is 2.25. The monoisotopic (exact) mass is 337 g/mol. The Bertz CT molecular complexity index is 594. The van der Waals surface area contributed by atoms with Crippen molar-refractivity contribution >= 4 is 17.4 Å². The fourth-order valence-corrected chi connectivity index (χ4v) is 2.98. The maximum atomic E-state index is 12.0. The molecule has 0 spiro atoms. The molecule has 2 atom stereocenters. The third-order valence-electron chi connectivity index (χ3n) is 3.60. The van der Waals surface area contributed by atoms with Crippen LogP contribution in [0.4, 0.5) is 4.79 Å². The van der Waals surface area contributed by atoms with Gasteiger partial charge in [0.25, 0.3) is 0 Å². The largest absolute Gasteiger partial charge is 0.468 e. The summed E-state index contributed by atoms with van der Waals surface area (Å²) in [5.41, 5.74) is -1.08. The van der Waals surface area contributed by atoms with Crippen molar-refractivity contribution in [2.45, 2.75) is 18.6 Å². The number of carbonyl (C=O) groups is 1. The second-order valence-corrected chi connectivity index (χ2v) is 6.76. The molecule has 7 heteroatoms. The van der Waals surface area contributed by atoms with Crippen molar-refractivity contribution in [2.24, 2.45) is 0 Å². The molecule has 2 heterocycles. The quantitative estimate of drug-likeness (QED) is 0.723. The second kappa shape index (κ2) is 7.63. The molecule has 0 saturated heterocycles. The van der Waals surface area contributed by atoms with Crippen LogP contribution in [0.1, 0.15) is 23.6 Å². The van der Waals surface area contributed by atoms with Gasteiger partial charge in [0, 0.05) is 11.4 Å². The lowest BCUT2D eigenvalue weighted by Crippen LogP contribution is -2.45. The number of amides is 2. The number of thiophene rings is 1. The molecule has 2 aromatic heterocycles. The van der Waals surface area contributed by atoms with Gasteiger partial charge in [0.1, 0.15) is 11.4 Å². The van der Waals surface area contributed by atoms with Crippen LogP contribution in [0.25, 0.3) is 0 Å². The van der Waals surface area contributed by atoms with E-state index in [-0.39, 0.29) is 18.6 Å². The lowest BCUT2D eigenvalue weighted by atomic mass is 10.1. The summed E-state index contributed by atoms with van der Waals surface area (Å²) in [6, 6.07) is 7.06. The predicted molar refractivity (Wildman–Crippen MR) is 90.4 cm³/mol. The van der Waals surface area contributed by atoms with Crippen LogP contribution in [0.15, 0.2) is 40.3 Å². The molecule has 2 unspecified atom stereocenters. The Labute approximate surface area is 140 Å². The maximum absolute atomic E-state index is 12.0. The highest BCUT2D eigenvalue weighted by Crippen LogP contribution is 2.24. The molecular formula is C16H23N3O3S. The Morgan fingerprint density at radius 1 is 1.39 bits per heavy atom. The fraction of sp³-hybridized carbons (Fsp3) is 0.438. The standard InChI is InChI=1S/C16H23N3O3S/c1-16(21,14-7-5-9-23-14)11-18-15(20)17-10-12(19(2)3)13-6-4-8-22-13/h4-9,12,21H,10-11H2,1-3H3,(H2,17,18,20). The molecule has 0 aliphatic carbocycles. The van der Waals surface area contributed by atoms with Crippen LogP contribution in [0.3, 0.4) is 0 Å². The number of furan rings is 1. The van der Waals surface area contributed by atoms with Crippen LogP contribution >= 0.6 is 11.3 Å². The van der Waals surface area contributed by atoms with Gasteiger partial charge in [-0.15, -0.1) is 11.3 Å². The summed E-state index contributed by atoms with van der Waals surface area (Å²) in [7, 11) is 3.85. The first-order valence-corrected chi connectivity index (χ1v) is 8.26. The molecule has 2 aromatic rings. The third-order valence-corrected chi connectivity index (χ3v) is 4.72. The number of nitrogens with zero attached hydrogens (tertiary/aromatic N) is 1. The normalized spacial score (nSPS) is 15.2. The van der Waals surface area contributed by atoms with Crippen LogP contribution in [0, 0.1) is 0 Å². The van der Waals surface area contributed by atoms with Gasteiger partial charge in [0.2, 0.25) is 0 Å². The van der Waals surface area contributed by atoms with E-state index in [4.69, 9.17) is 4.42 Å². The molecule has 0 aliphatic rings. The van der Waals surface area contributed by atoms with E-state index >= 15 is 0 Å². The molecule has 0 radical (unpaired) electrons. The first-order chi connectivity index (χ1) is 10.9. The molecular weight excluding hydrogens is 314 g/mol. The van der Waals surface area contributed by atoms with Crippen LogP contribution in [0.5, 0.6) is 0 Å². The van der Waals surface area contributed by atoms with Crippen molar-refractivity contribution in [1.29, 1.82) is 0 Å². The summed E-state index contributed by atoms with van der Waals surface area (Å²) >= 11 is 1.46. The average molecular weight is 337 g/mol. The van der Waals surface area contributed by atoms with E-state index in [0.717, 1.165) is 10.6 Å². The molecule has 0 saturated carbocycles. The van der Waals surface area contributed by atoms with E-state index in [1.54, 1.807) is 13.2 Å². The van der Waals surface area contributed by atoms with Gasteiger partial charge >= 0.3 is 6.03 Å². The number of hydrogen-bond acceptors (Lipinski definition) is 5. The van der Waals surface area contributed by atoms with E-state index in [9.17, 15) is 9.90 Å². The van der Waals surface area contributed by atoms with Crippen LogP contribution < -0.4 is 10.6 Å². The zero-order valence-corrected chi connectivity index (χ0v) is 14.4. The molecule has 0 aromatic carbocycles. The van der Waals surface area contributed by atoms with Gasteiger partial charge in [-0.3, -0.25) is 4.90 Å². The topological polar surface area (TPSA) is 77.7 Å². The molecule has 126 valence electrons. The molecule has 6 nitrogen and oxygen atoms in total. The third kappa shape index (κ3) is 4.82. The van der Waals surface area contributed by atoms with E-state index < -0.39 is 5.60 Å². The number of likely N-dealkylation sites (N-methyl/N-ethyl adjacent to an activating group) is 1. The first-order valence-electron chi connectivity index (χ1n) is 7.38.